The second kappa shape index (κ2) is 20.0. The van der Waals surface area contributed by atoms with Crippen molar-refractivity contribution < 1.29 is 33.8 Å². The van der Waals surface area contributed by atoms with Crippen LogP contribution in [0.5, 0.6) is 5.75 Å². The normalized spacial score (nSPS) is 20.4. The molecule has 1 aliphatic carbocycles. The molecule has 0 spiro atoms. The summed E-state index contributed by atoms with van der Waals surface area (Å²) in [6.07, 6.45) is 0.400. The first-order valence-corrected chi connectivity index (χ1v) is 21.3. The van der Waals surface area contributed by atoms with E-state index in [1.54, 1.807) is 54.6 Å². The zero-order valence-electron chi connectivity index (χ0n) is 36.5. The number of nitrogens with one attached hydrogen (secondary N) is 4. The van der Waals surface area contributed by atoms with E-state index in [1.807, 2.05) is 32.9 Å². The van der Waals surface area contributed by atoms with Gasteiger partial charge < -0.3 is 40.7 Å². The zero-order chi connectivity index (χ0) is 45.4. The van der Waals surface area contributed by atoms with E-state index in [0.29, 0.717) is 47.0 Å². The number of anilines is 1. The molecule has 15 heteroatoms. The molecular weight excluding hydrogens is 810 g/mol. The fourth-order valence-electron chi connectivity index (χ4n) is 8.60. The van der Waals surface area contributed by atoms with E-state index in [0.717, 1.165) is 17.7 Å². The van der Waals surface area contributed by atoms with Crippen molar-refractivity contribution in [3.05, 3.63) is 94.0 Å². The number of carbonyl (C=O) groups excluding carboxylic acids is 4. The van der Waals surface area contributed by atoms with Gasteiger partial charge in [-0.25, -0.2) is 0 Å². The highest BCUT2D eigenvalue weighted by molar-refractivity contribution is 6.31. The van der Waals surface area contributed by atoms with E-state index in [2.05, 4.69) is 61.1 Å². The number of nitrogens with zero attached hydrogens (tertiary/aromatic N) is 3. The second-order valence-corrected chi connectivity index (χ2v) is 18.8. The van der Waals surface area contributed by atoms with Crippen LogP contribution in [0.4, 0.5) is 5.69 Å². The first-order chi connectivity index (χ1) is 29.3. The lowest BCUT2D eigenvalue weighted by atomic mass is 9.49. The molecule has 3 aromatic rings. The van der Waals surface area contributed by atoms with Crippen molar-refractivity contribution >= 4 is 40.9 Å². The van der Waals surface area contributed by atoms with Gasteiger partial charge in [0.15, 0.2) is 0 Å². The lowest BCUT2D eigenvalue weighted by Crippen LogP contribution is -2.74. The summed E-state index contributed by atoms with van der Waals surface area (Å²) in [6.45, 7) is 14.6. The quantitative estimate of drug-likeness (QED) is 0.105. The Balaban J connectivity index is 1.01. The monoisotopic (exact) mass is 867 g/mol. The molecule has 14 nitrogen and oxygen atoms in total. The number of ether oxygens (including phenoxy) is 2. The number of likely N-dealkylation sites (tertiary alicyclic amines) is 1. The summed E-state index contributed by atoms with van der Waals surface area (Å²) in [4.78, 5) is 54.7. The maximum absolute atomic E-state index is 13.8. The van der Waals surface area contributed by atoms with Crippen LogP contribution in [-0.2, 0) is 25.7 Å². The maximum Gasteiger partial charge on any atom is 0.251 e. The number of carbonyl (C=O) groups is 4. The van der Waals surface area contributed by atoms with Gasteiger partial charge in [0.1, 0.15) is 36.6 Å². The van der Waals surface area contributed by atoms with E-state index in [9.17, 15) is 29.5 Å². The van der Waals surface area contributed by atoms with Gasteiger partial charge in [0, 0.05) is 66.9 Å². The van der Waals surface area contributed by atoms with Gasteiger partial charge in [-0.3, -0.25) is 19.2 Å². The summed E-state index contributed by atoms with van der Waals surface area (Å²) in [5.74, 6) is -0.946. The van der Waals surface area contributed by atoms with Crippen LogP contribution in [-0.4, -0.2) is 90.3 Å². The average molecular weight is 868 g/mol. The largest absolute Gasteiger partial charge is 0.489 e. The second-order valence-electron chi connectivity index (χ2n) is 18.4. The van der Waals surface area contributed by atoms with Gasteiger partial charge in [0.25, 0.3) is 5.91 Å². The maximum atomic E-state index is 13.8. The van der Waals surface area contributed by atoms with Crippen LogP contribution in [0, 0.1) is 38.9 Å². The smallest absolute Gasteiger partial charge is 0.251 e. The number of amides is 4. The van der Waals surface area contributed by atoms with Crippen LogP contribution in [0.25, 0.3) is 0 Å². The van der Waals surface area contributed by atoms with Gasteiger partial charge >= 0.3 is 0 Å². The molecule has 5 N–H and O–H groups in total. The number of hydrogen-bond acceptors (Lipinski definition) is 10. The van der Waals surface area contributed by atoms with E-state index in [4.69, 9.17) is 26.3 Å². The van der Waals surface area contributed by atoms with Crippen molar-refractivity contribution in [3.8, 4) is 17.9 Å². The molecule has 0 aromatic heterocycles. The Morgan fingerprint density at radius 3 is 2.24 bits per heavy atom. The Bertz CT molecular complexity index is 2160. The van der Waals surface area contributed by atoms with E-state index in [-0.39, 0.29) is 55.0 Å². The third-order valence-electron chi connectivity index (χ3n) is 11.7. The lowest BCUT2D eigenvalue weighted by Gasteiger charge is -2.63. The molecule has 62 heavy (non-hydrogen) atoms. The molecule has 1 saturated heterocycles. The fraction of sp³-hybridized carbons (Fsp3) is 0.489. The Morgan fingerprint density at radius 1 is 0.952 bits per heavy atom. The van der Waals surface area contributed by atoms with Crippen LogP contribution in [0.2, 0.25) is 5.02 Å². The first kappa shape index (κ1) is 47.4. The lowest BCUT2D eigenvalue weighted by molar-refractivity contribution is -0.164. The Kier molecular flexibility index (Phi) is 15.3. The number of unbranched alkanes of at least 4 members (excludes halogenated alkanes) is 1. The van der Waals surface area contributed by atoms with Crippen LogP contribution in [0.1, 0.15) is 94.8 Å². The van der Waals surface area contributed by atoms with Crippen LogP contribution < -0.4 is 26.0 Å². The summed E-state index contributed by atoms with van der Waals surface area (Å²) in [7, 11) is 0. The van der Waals surface area contributed by atoms with Crippen molar-refractivity contribution in [1.82, 2.24) is 20.9 Å². The average Bonchev–Trinajstić information content (AvgIpc) is 3.63. The number of aliphatic hydroxyl groups excluding tert-OH is 1. The first-order valence-electron chi connectivity index (χ1n) is 20.9. The molecule has 1 aliphatic heterocycles. The zero-order valence-corrected chi connectivity index (χ0v) is 37.3. The molecule has 1 saturated carbocycles. The van der Waals surface area contributed by atoms with Crippen molar-refractivity contribution in [3.63, 3.8) is 0 Å². The van der Waals surface area contributed by atoms with E-state index >= 15 is 0 Å². The van der Waals surface area contributed by atoms with Crippen molar-refractivity contribution in [1.29, 1.82) is 10.5 Å². The molecule has 2 aliphatic rings. The standard InChI is InChI=1S/C47H58ClN7O7/c1-45(2,3)39(42(60)55-27-34(56)22-37(55)41(59)52-26-30-12-10-29(24-49)11-13-30)53-38(57)28-61-21-9-8-20-51-33-17-14-31(15-18-33)40(58)54-43-46(4,5)44(47(43,6)7)62-35-19-16-32(25-50)36(48)23-35/h10-19,23,34,37,39,43-44,51,56H,8-9,20-22,26-28H2,1-7H3,(H,52,59)(H,53,57)(H,54,58)/t34-,37+,39?,43?,44?/m1/s1. The minimum Gasteiger partial charge on any atom is -0.489 e. The number of benzene rings is 3. The summed E-state index contributed by atoms with van der Waals surface area (Å²) in [5.41, 5.74) is 1.58. The molecule has 3 aromatic carbocycles. The van der Waals surface area contributed by atoms with Crippen molar-refractivity contribution in [2.75, 3.05) is 31.6 Å². The van der Waals surface area contributed by atoms with Crippen molar-refractivity contribution in [2.45, 2.75) is 105 Å². The Hall–Kier alpha value is -5.67. The number of nitriles is 2. The predicted octanol–water partition coefficient (Wildman–Crippen LogP) is 5.71. The summed E-state index contributed by atoms with van der Waals surface area (Å²) < 4.78 is 12.0. The molecule has 0 radical (unpaired) electrons. The highest BCUT2D eigenvalue weighted by Gasteiger charge is 2.64. The van der Waals surface area contributed by atoms with Crippen LogP contribution >= 0.6 is 11.6 Å². The Labute approximate surface area is 369 Å². The number of hydrogen-bond donors (Lipinski definition) is 5. The summed E-state index contributed by atoms with van der Waals surface area (Å²) in [6, 6.07) is 21.1. The molecule has 4 amide bonds. The molecule has 1 unspecified atom stereocenters. The number of halogens is 1. The fourth-order valence-corrected chi connectivity index (χ4v) is 8.82. The topological polar surface area (TPSA) is 206 Å². The van der Waals surface area contributed by atoms with E-state index < -0.39 is 41.3 Å². The predicted molar refractivity (Wildman–Crippen MR) is 235 cm³/mol. The number of rotatable bonds is 17. The molecule has 1 heterocycles. The molecule has 5 rings (SSSR count). The number of aliphatic hydroxyl groups is 1. The van der Waals surface area contributed by atoms with Gasteiger partial charge in [-0.05, 0) is 72.4 Å². The molecule has 2 fully saturated rings. The molecule has 330 valence electrons. The van der Waals surface area contributed by atoms with Crippen LogP contribution in [0.3, 0.4) is 0 Å². The number of β-amino-alcohol motifs (C(OH)–C–C–N with tert-alkyl or cyclic N) is 1. The molecule has 0 bridgehead atoms. The van der Waals surface area contributed by atoms with Gasteiger partial charge in [-0.15, -0.1) is 0 Å². The van der Waals surface area contributed by atoms with Gasteiger partial charge in [0.2, 0.25) is 17.7 Å². The minimum atomic E-state index is -0.968. The summed E-state index contributed by atoms with van der Waals surface area (Å²) in [5, 5.41) is 41.2. The van der Waals surface area contributed by atoms with Gasteiger partial charge in [0.05, 0.1) is 28.3 Å². The Morgan fingerprint density at radius 2 is 1.63 bits per heavy atom. The summed E-state index contributed by atoms with van der Waals surface area (Å²) >= 11 is 6.23. The van der Waals surface area contributed by atoms with E-state index in [1.165, 1.54) is 4.90 Å². The third kappa shape index (κ3) is 11.4. The molecule has 3 atom stereocenters. The van der Waals surface area contributed by atoms with Crippen LogP contribution in [0.15, 0.2) is 66.7 Å². The highest BCUT2D eigenvalue weighted by Crippen LogP contribution is 2.55. The van der Waals surface area contributed by atoms with Crippen molar-refractivity contribution in [2.24, 2.45) is 16.2 Å². The molecular formula is C47H58ClN7O7. The highest BCUT2D eigenvalue weighted by atomic mass is 35.5. The SMILES string of the molecule is CC(C)(C)C(NC(=O)COCCCCNc1ccc(C(=O)NC2C(C)(C)C(Oc3ccc(C#N)c(Cl)c3)C2(C)C)cc1)C(=O)N1C[C@H](O)C[C@H]1C(=O)NCc1ccc(C#N)cc1. The van der Waals surface area contributed by atoms with Gasteiger partial charge in [-0.2, -0.15) is 10.5 Å². The third-order valence-corrected chi connectivity index (χ3v) is 12.0. The minimum absolute atomic E-state index is 0.0330. The van der Waals surface area contributed by atoms with Gasteiger partial charge in [-0.1, -0.05) is 72.2 Å².